The highest BCUT2D eigenvalue weighted by molar-refractivity contribution is 5.90. The van der Waals surface area contributed by atoms with Crippen molar-refractivity contribution >= 4 is 16.9 Å². The number of hydrogen-bond acceptors (Lipinski definition) is 7. The highest BCUT2D eigenvalue weighted by atomic mass is 16.5. The molecular weight excluding hydrogens is 508 g/mol. The Labute approximate surface area is 230 Å². The molecular formula is C33H28O7. The van der Waals surface area contributed by atoms with E-state index in [1.807, 2.05) is 48.5 Å². The summed E-state index contributed by atoms with van der Waals surface area (Å²) in [5.74, 6) is -1.07. The fourth-order valence-electron chi connectivity index (χ4n) is 4.77. The standard InChI is InChI=1S/C33H28O7/c1-38-30(37)18-25(22-12-14-24(15-13-22)39-17-16-21-8-4-2-5-9-21)31-26(34)19-27(35)32-28(36)20-29(40-33(31)32)23-10-6-3-7-11-23/h2-15,19-20,25,34-35H,16-18H2,1H3/t25-/m1/s1. The summed E-state index contributed by atoms with van der Waals surface area (Å²) in [5, 5.41) is 21.5. The molecule has 0 fully saturated rings. The van der Waals surface area contributed by atoms with Crippen LogP contribution in [0.5, 0.6) is 17.2 Å². The van der Waals surface area contributed by atoms with Crippen LogP contribution in [-0.2, 0) is 16.0 Å². The predicted molar refractivity (Wildman–Crippen MR) is 152 cm³/mol. The Balaban J connectivity index is 1.55. The SMILES string of the molecule is COC(=O)C[C@H](c1ccc(OCCc2ccccc2)cc1)c1c(O)cc(O)c2c(=O)cc(-c3ccccc3)oc12. The molecule has 7 nitrogen and oxygen atoms in total. The summed E-state index contributed by atoms with van der Waals surface area (Å²) >= 11 is 0. The zero-order valence-corrected chi connectivity index (χ0v) is 21.9. The number of aromatic hydroxyl groups is 2. The lowest BCUT2D eigenvalue weighted by atomic mass is 9.86. The molecule has 0 saturated heterocycles. The molecule has 0 spiro atoms. The molecule has 1 atom stereocenters. The highest BCUT2D eigenvalue weighted by Gasteiger charge is 2.28. The Bertz CT molecular complexity index is 1670. The quantitative estimate of drug-likeness (QED) is 0.216. The summed E-state index contributed by atoms with van der Waals surface area (Å²) in [6.45, 7) is 0.492. The number of fused-ring (bicyclic) bond motifs is 1. The second-order valence-corrected chi connectivity index (χ2v) is 9.36. The maximum absolute atomic E-state index is 13.1. The number of phenolic OH excluding ortho intramolecular Hbond substituents is 2. The van der Waals surface area contributed by atoms with Gasteiger partial charge in [0.2, 0.25) is 0 Å². The molecule has 0 amide bonds. The molecule has 1 heterocycles. The van der Waals surface area contributed by atoms with Gasteiger partial charge in [-0.2, -0.15) is 0 Å². The third-order valence-electron chi connectivity index (χ3n) is 6.79. The minimum atomic E-state index is -0.747. The van der Waals surface area contributed by atoms with Crippen molar-refractivity contribution in [3.63, 3.8) is 0 Å². The fourth-order valence-corrected chi connectivity index (χ4v) is 4.77. The molecule has 202 valence electrons. The second-order valence-electron chi connectivity index (χ2n) is 9.36. The second kappa shape index (κ2) is 11.8. The summed E-state index contributed by atoms with van der Waals surface area (Å²) in [5.41, 5.74) is 2.21. The van der Waals surface area contributed by atoms with E-state index >= 15 is 0 Å². The molecule has 1 aromatic heterocycles. The highest BCUT2D eigenvalue weighted by Crippen LogP contribution is 2.43. The average molecular weight is 537 g/mol. The Morgan fingerprint density at radius 3 is 2.23 bits per heavy atom. The van der Waals surface area contributed by atoms with Crippen molar-refractivity contribution in [2.75, 3.05) is 13.7 Å². The Morgan fingerprint density at radius 1 is 0.875 bits per heavy atom. The van der Waals surface area contributed by atoms with Gasteiger partial charge in [0.1, 0.15) is 34.0 Å². The predicted octanol–water partition coefficient (Wildman–Crippen LogP) is 6.19. The van der Waals surface area contributed by atoms with Crippen molar-refractivity contribution in [1.29, 1.82) is 0 Å². The lowest BCUT2D eigenvalue weighted by molar-refractivity contribution is -0.140. The number of benzene rings is 4. The van der Waals surface area contributed by atoms with Crippen LogP contribution in [0.15, 0.2) is 106 Å². The van der Waals surface area contributed by atoms with Crippen molar-refractivity contribution < 1.29 is 28.9 Å². The topological polar surface area (TPSA) is 106 Å². The summed E-state index contributed by atoms with van der Waals surface area (Å²) in [7, 11) is 1.28. The largest absolute Gasteiger partial charge is 0.507 e. The molecule has 0 saturated carbocycles. The van der Waals surface area contributed by atoms with Gasteiger partial charge in [-0.25, -0.2) is 0 Å². The van der Waals surface area contributed by atoms with Crippen LogP contribution in [0.2, 0.25) is 0 Å². The lowest BCUT2D eigenvalue weighted by Gasteiger charge is -2.20. The molecule has 5 aromatic rings. The van der Waals surface area contributed by atoms with Crippen LogP contribution in [0, 0.1) is 0 Å². The molecule has 2 N–H and O–H groups in total. The van der Waals surface area contributed by atoms with Crippen LogP contribution in [0.3, 0.4) is 0 Å². The van der Waals surface area contributed by atoms with Crippen molar-refractivity contribution in [3.8, 4) is 28.6 Å². The maximum atomic E-state index is 13.1. The lowest BCUT2D eigenvalue weighted by Crippen LogP contribution is -2.12. The van der Waals surface area contributed by atoms with Crippen LogP contribution in [0.1, 0.15) is 29.0 Å². The van der Waals surface area contributed by atoms with Gasteiger partial charge in [-0.05, 0) is 23.3 Å². The van der Waals surface area contributed by atoms with Gasteiger partial charge in [-0.3, -0.25) is 9.59 Å². The van der Waals surface area contributed by atoms with Crippen molar-refractivity contribution in [2.24, 2.45) is 0 Å². The minimum Gasteiger partial charge on any atom is -0.507 e. The molecule has 40 heavy (non-hydrogen) atoms. The third-order valence-corrected chi connectivity index (χ3v) is 6.79. The van der Waals surface area contributed by atoms with Crippen LogP contribution in [-0.4, -0.2) is 29.9 Å². The van der Waals surface area contributed by atoms with E-state index in [0.717, 1.165) is 12.5 Å². The smallest absolute Gasteiger partial charge is 0.306 e. The number of ether oxygens (including phenoxy) is 2. The molecule has 5 rings (SSSR count). The summed E-state index contributed by atoms with van der Waals surface area (Å²) in [6, 6.07) is 28.6. The summed E-state index contributed by atoms with van der Waals surface area (Å²) < 4.78 is 17.0. The van der Waals surface area contributed by atoms with E-state index < -0.39 is 23.1 Å². The first-order chi connectivity index (χ1) is 19.4. The number of methoxy groups -OCH3 is 1. The van der Waals surface area contributed by atoms with E-state index in [0.29, 0.717) is 23.5 Å². The van der Waals surface area contributed by atoms with E-state index in [2.05, 4.69) is 0 Å². The van der Waals surface area contributed by atoms with Crippen molar-refractivity contribution in [1.82, 2.24) is 0 Å². The molecule has 0 aliphatic heterocycles. The first kappa shape index (κ1) is 26.6. The zero-order chi connectivity index (χ0) is 28.1. The Hall–Kier alpha value is -5.04. The fraction of sp³-hybridized carbons (Fsp3) is 0.152. The molecule has 0 radical (unpaired) electrons. The monoisotopic (exact) mass is 536 g/mol. The Morgan fingerprint density at radius 2 is 1.55 bits per heavy atom. The van der Waals surface area contributed by atoms with Crippen molar-refractivity contribution in [3.05, 3.63) is 124 Å². The van der Waals surface area contributed by atoms with Crippen LogP contribution < -0.4 is 10.2 Å². The summed E-state index contributed by atoms with van der Waals surface area (Å²) in [4.78, 5) is 25.6. The molecule has 0 aliphatic rings. The number of carbonyl (C=O) groups is 1. The number of hydrogen-bond donors (Lipinski definition) is 2. The molecule has 0 bridgehead atoms. The van der Waals surface area contributed by atoms with E-state index in [-0.39, 0.29) is 34.5 Å². The minimum absolute atomic E-state index is 0.000874. The molecule has 0 aliphatic carbocycles. The number of esters is 1. The van der Waals surface area contributed by atoms with Crippen molar-refractivity contribution in [2.45, 2.75) is 18.8 Å². The van der Waals surface area contributed by atoms with E-state index in [4.69, 9.17) is 13.9 Å². The van der Waals surface area contributed by atoms with E-state index in [9.17, 15) is 19.8 Å². The van der Waals surface area contributed by atoms with Crippen LogP contribution in [0.25, 0.3) is 22.3 Å². The van der Waals surface area contributed by atoms with E-state index in [1.165, 1.54) is 18.7 Å². The van der Waals surface area contributed by atoms with Gasteiger partial charge in [-0.1, -0.05) is 72.8 Å². The van der Waals surface area contributed by atoms with Gasteiger partial charge >= 0.3 is 5.97 Å². The van der Waals surface area contributed by atoms with Crippen LogP contribution in [0.4, 0.5) is 0 Å². The summed E-state index contributed by atoms with van der Waals surface area (Å²) in [6.07, 6.45) is 0.612. The molecule has 4 aromatic carbocycles. The maximum Gasteiger partial charge on any atom is 0.306 e. The Kier molecular flexibility index (Phi) is 7.82. The zero-order valence-electron chi connectivity index (χ0n) is 21.9. The van der Waals surface area contributed by atoms with Gasteiger partial charge in [0.15, 0.2) is 5.43 Å². The van der Waals surface area contributed by atoms with Crippen LogP contribution >= 0.6 is 0 Å². The number of carbonyl (C=O) groups excluding carboxylic acids is 1. The van der Waals surface area contributed by atoms with Gasteiger partial charge in [-0.15, -0.1) is 0 Å². The first-order valence-corrected chi connectivity index (χ1v) is 12.9. The van der Waals surface area contributed by atoms with Gasteiger partial charge in [0.25, 0.3) is 0 Å². The third kappa shape index (κ3) is 5.68. The average Bonchev–Trinajstić information content (AvgIpc) is 2.97. The van der Waals surface area contributed by atoms with E-state index in [1.54, 1.807) is 36.4 Å². The number of rotatable bonds is 9. The molecule has 0 unspecified atom stereocenters. The van der Waals surface area contributed by atoms with Gasteiger partial charge < -0.3 is 24.1 Å². The molecule has 7 heteroatoms. The van der Waals surface area contributed by atoms with Gasteiger partial charge in [0, 0.05) is 35.6 Å². The first-order valence-electron chi connectivity index (χ1n) is 12.9. The normalized spacial score (nSPS) is 11.7. The number of phenols is 2. The van der Waals surface area contributed by atoms with Gasteiger partial charge in [0.05, 0.1) is 20.1 Å².